The molecule has 2 heterocycles. The maximum Gasteiger partial charge on any atom is 0.342 e. The van der Waals surface area contributed by atoms with E-state index in [0.717, 1.165) is 48.2 Å². The quantitative estimate of drug-likeness (QED) is 0.686. The van der Waals surface area contributed by atoms with Gasteiger partial charge in [-0.2, -0.15) is 5.10 Å². The number of fused-ring (bicyclic) bond motifs is 1. The molecule has 33 heavy (non-hydrogen) atoms. The zero-order valence-corrected chi connectivity index (χ0v) is 19.3. The summed E-state index contributed by atoms with van der Waals surface area (Å²) in [5.41, 5.74) is 4.81. The summed E-state index contributed by atoms with van der Waals surface area (Å²) in [6, 6.07) is 15.5. The van der Waals surface area contributed by atoms with Gasteiger partial charge in [0, 0.05) is 30.1 Å². The minimum Gasteiger partial charge on any atom is -0.338 e. The Labute approximate surface area is 195 Å². The van der Waals surface area contributed by atoms with Gasteiger partial charge in [-0.15, -0.1) is 0 Å². The van der Waals surface area contributed by atoms with Crippen LogP contribution in [0, 0.1) is 12.8 Å². The number of carbonyl (C=O) groups is 2. The Morgan fingerprint density at radius 1 is 0.970 bits per heavy atom. The van der Waals surface area contributed by atoms with Crippen LogP contribution >= 0.6 is 0 Å². The number of benzene rings is 2. The predicted octanol–water partition coefficient (Wildman–Crippen LogP) is 5.43. The first-order valence-electron chi connectivity index (χ1n) is 12.2. The molecule has 0 atom stereocenters. The third-order valence-corrected chi connectivity index (χ3v) is 7.23. The zero-order chi connectivity index (χ0) is 22.8. The summed E-state index contributed by atoms with van der Waals surface area (Å²) >= 11 is 0. The Morgan fingerprint density at radius 2 is 1.70 bits per heavy atom. The number of hydrazone groups is 1. The van der Waals surface area contributed by atoms with Crippen molar-refractivity contribution in [3.8, 4) is 0 Å². The van der Waals surface area contributed by atoms with Crippen LogP contribution in [0.25, 0.3) is 0 Å². The van der Waals surface area contributed by atoms with Crippen molar-refractivity contribution in [1.82, 2.24) is 9.91 Å². The number of amides is 3. The number of likely N-dealkylation sites (tertiary alicyclic amines) is 1. The molecule has 0 spiro atoms. The lowest BCUT2D eigenvalue weighted by atomic mass is 9.82. The molecule has 3 aliphatic rings. The van der Waals surface area contributed by atoms with Crippen molar-refractivity contribution in [2.75, 3.05) is 18.4 Å². The van der Waals surface area contributed by atoms with Crippen LogP contribution in [0.1, 0.15) is 66.4 Å². The number of urea groups is 1. The molecular weight excluding hydrogens is 412 g/mol. The van der Waals surface area contributed by atoms with E-state index in [0.29, 0.717) is 24.6 Å². The standard InChI is InChI=1S/C27H32N4O2/c1-19-12-13-23-24(18-19)28-27(33)31(29-25(23)20-8-4-2-5-9-20)22-14-16-30(17-15-22)26(32)21-10-6-3-7-11-21/h3,6-7,10-13,18,20,22H,2,4-5,8-9,14-17H2,1H3,(H,28,33). The van der Waals surface area contributed by atoms with Crippen molar-refractivity contribution >= 4 is 23.3 Å². The lowest BCUT2D eigenvalue weighted by molar-refractivity contribution is 0.0659. The molecule has 1 aliphatic carbocycles. The summed E-state index contributed by atoms with van der Waals surface area (Å²) in [6.07, 6.45) is 7.40. The van der Waals surface area contributed by atoms with Gasteiger partial charge in [0.2, 0.25) is 0 Å². The van der Waals surface area contributed by atoms with Gasteiger partial charge in [0.15, 0.2) is 0 Å². The van der Waals surface area contributed by atoms with E-state index in [1.54, 1.807) is 5.01 Å². The van der Waals surface area contributed by atoms with Crippen molar-refractivity contribution in [3.63, 3.8) is 0 Å². The Hall–Kier alpha value is -3.15. The molecule has 2 fully saturated rings. The highest BCUT2D eigenvalue weighted by Crippen LogP contribution is 2.33. The normalized spacial score (nSPS) is 20.0. The van der Waals surface area contributed by atoms with Gasteiger partial charge in [0.1, 0.15) is 0 Å². The van der Waals surface area contributed by atoms with Crippen molar-refractivity contribution in [2.24, 2.45) is 11.0 Å². The van der Waals surface area contributed by atoms with Gasteiger partial charge in [-0.3, -0.25) is 4.79 Å². The average molecular weight is 445 g/mol. The zero-order valence-electron chi connectivity index (χ0n) is 19.3. The molecule has 2 aromatic rings. The van der Waals surface area contributed by atoms with Crippen molar-refractivity contribution in [2.45, 2.75) is 57.9 Å². The van der Waals surface area contributed by atoms with Crippen molar-refractivity contribution in [1.29, 1.82) is 0 Å². The third-order valence-electron chi connectivity index (χ3n) is 7.23. The number of nitrogens with one attached hydrogen (secondary N) is 1. The summed E-state index contributed by atoms with van der Waals surface area (Å²) in [7, 11) is 0. The number of anilines is 1. The fourth-order valence-electron chi connectivity index (χ4n) is 5.37. The second kappa shape index (κ2) is 9.38. The molecule has 1 N–H and O–H groups in total. The van der Waals surface area contributed by atoms with E-state index in [9.17, 15) is 9.59 Å². The maximum absolute atomic E-state index is 13.3. The van der Waals surface area contributed by atoms with Crippen LogP contribution < -0.4 is 5.32 Å². The van der Waals surface area contributed by atoms with Crippen molar-refractivity contribution in [3.05, 3.63) is 65.2 Å². The summed E-state index contributed by atoms with van der Waals surface area (Å²) < 4.78 is 0. The van der Waals surface area contributed by atoms with Gasteiger partial charge < -0.3 is 10.2 Å². The Morgan fingerprint density at radius 3 is 2.42 bits per heavy atom. The summed E-state index contributed by atoms with van der Waals surface area (Å²) in [5.74, 6) is 0.443. The highest BCUT2D eigenvalue weighted by molar-refractivity contribution is 6.11. The number of rotatable bonds is 3. The topological polar surface area (TPSA) is 65.0 Å². The fraction of sp³-hybridized carbons (Fsp3) is 0.444. The molecule has 0 radical (unpaired) electrons. The molecule has 2 aromatic carbocycles. The molecule has 3 amide bonds. The van der Waals surface area contributed by atoms with E-state index in [4.69, 9.17) is 5.10 Å². The van der Waals surface area contributed by atoms with Gasteiger partial charge in [-0.25, -0.2) is 9.80 Å². The molecule has 1 saturated carbocycles. The molecule has 0 aromatic heterocycles. The highest BCUT2D eigenvalue weighted by Gasteiger charge is 2.34. The second-order valence-corrected chi connectivity index (χ2v) is 9.53. The number of carbonyl (C=O) groups excluding carboxylic acids is 2. The summed E-state index contributed by atoms with van der Waals surface area (Å²) in [6.45, 7) is 3.30. The number of hydrogen-bond donors (Lipinski definition) is 1. The average Bonchev–Trinajstić information content (AvgIpc) is 3.00. The van der Waals surface area contributed by atoms with Gasteiger partial charge in [0.05, 0.1) is 17.4 Å². The monoisotopic (exact) mass is 444 g/mol. The van der Waals surface area contributed by atoms with E-state index in [1.807, 2.05) is 42.2 Å². The van der Waals surface area contributed by atoms with Gasteiger partial charge in [-0.1, -0.05) is 49.6 Å². The highest BCUT2D eigenvalue weighted by atomic mass is 16.2. The lowest BCUT2D eigenvalue weighted by Crippen LogP contribution is -2.48. The Kier molecular flexibility index (Phi) is 6.16. The van der Waals surface area contributed by atoms with E-state index < -0.39 is 0 Å². The molecule has 1 saturated heterocycles. The molecule has 6 heteroatoms. The molecule has 0 bridgehead atoms. The Balaban J connectivity index is 1.38. The SMILES string of the molecule is Cc1ccc2c(c1)NC(=O)N(C1CCN(C(=O)c3ccccc3)CC1)N=C2C1CCCCC1. The van der Waals surface area contributed by atoms with E-state index in [-0.39, 0.29) is 18.0 Å². The number of aryl methyl sites for hydroxylation is 1. The summed E-state index contributed by atoms with van der Waals surface area (Å²) in [4.78, 5) is 28.0. The molecular formula is C27H32N4O2. The van der Waals surface area contributed by atoms with Crippen LogP contribution in [0.4, 0.5) is 10.5 Å². The van der Waals surface area contributed by atoms with Gasteiger partial charge in [0.25, 0.3) is 5.91 Å². The van der Waals surface area contributed by atoms with E-state index in [1.165, 1.54) is 19.3 Å². The third kappa shape index (κ3) is 4.52. The first-order valence-corrected chi connectivity index (χ1v) is 12.2. The molecule has 5 rings (SSSR count). The van der Waals surface area contributed by atoms with E-state index >= 15 is 0 Å². The van der Waals surface area contributed by atoms with Crippen molar-refractivity contribution < 1.29 is 9.59 Å². The molecule has 0 unspecified atom stereocenters. The number of piperidine rings is 1. The number of nitrogens with zero attached hydrogens (tertiary/aromatic N) is 3. The fourth-order valence-corrected chi connectivity index (χ4v) is 5.37. The lowest BCUT2D eigenvalue weighted by Gasteiger charge is -2.36. The van der Waals surface area contributed by atoms with Gasteiger partial charge in [-0.05, 0) is 56.4 Å². The largest absolute Gasteiger partial charge is 0.342 e. The molecule has 6 nitrogen and oxygen atoms in total. The number of hydrogen-bond acceptors (Lipinski definition) is 3. The summed E-state index contributed by atoms with van der Waals surface area (Å²) in [5, 5.41) is 9.85. The predicted molar refractivity (Wildman–Crippen MR) is 131 cm³/mol. The second-order valence-electron chi connectivity index (χ2n) is 9.53. The van der Waals surface area contributed by atoms with Crippen LogP contribution in [0.3, 0.4) is 0 Å². The van der Waals surface area contributed by atoms with Crippen LogP contribution in [-0.2, 0) is 0 Å². The van der Waals surface area contributed by atoms with Crippen LogP contribution in [0.5, 0.6) is 0 Å². The van der Waals surface area contributed by atoms with Crippen LogP contribution in [0.15, 0.2) is 53.6 Å². The smallest absolute Gasteiger partial charge is 0.338 e. The van der Waals surface area contributed by atoms with Crippen LogP contribution in [-0.4, -0.2) is 46.7 Å². The first kappa shape index (κ1) is 21.7. The minimum atomic E-state index is -0.166. The Bertz CT molecular complexity index is 1050. The maximum atomic E-state index is 13.3. The first-order chi connectivity index (χ1) is 16.1. The van der Waals surface area contributed by atoms with E-state index in [2.05, 4.69) is 23.5 Å². The molecule has 2 aliphatic heterocycles. The minimum absolute atomic E-state index is 0.0150. The van der Waals surface area contributed by atoms with Crippen LogP contribution in [0.2, 0.25) is 0 Å². The van der Waals surface area contributed by atoms with Gasteiger partial charge >= 0.3 is 6.03 Å². The molecule has 172 valence electrons.